The molecule has 1 aliphatic carbocycles. The van der Waals surface area contributed by atoms with Crippen LogP contribution in [0.5, 0.6) is 0 Å². The molecule has 5 heteroatoms. The van der Waals surface area contributed by atoms with Crippen molar-refractivity contribution in [2.75, 3.05) is 7.05 Å². The SMILES string of the molecule is Cc1[nH]ncc1CN(C)C(=O)c1scc2c1CCCC2. The number of H-pyrrole nitrogens is 1. The lowest BCUT2D eigenvalue weighted by Gasteiger charge is -2.18. The van der Waals surface area contributed by atoms with Gasteiger partial charge < -0.3 is 4.90 Å². The number of thiophene rings is 1. The number of aromatic amines is 1. The van der Waals surface area contributed by atoms with E-state index in [2.05, 4.69) is 15.6 Å². The molecule has 4 nitrogen and oxygen atoms in total. The Morgan fingerprint density at radius 1 is 1.45 bits per heavy atom. The summed E-state index contributed by atoms with van der Waals surface area (Å²) < 4.78 is 0. The van der Waals surface area contributed by atoms with Gasteiger partial charge in [-0.05, 0) is 49.1 Å². The van der Waals surface area contributed by atoms with Crippen molar-refractivity contribution in [3.05, 3.63) is 38.8 Å². The lowest BCUT2D eigenvalue weighted by Crippen LogP contribution is -2.26. The first-order chi connectivity index (χ1) is 9.66. The van der Waals surface area contributed by atoms with Gasteiger partial charge in [0.2, 0.25) is 0 Å². The quantitative estimate of drug-likeness (QED) is 0.944. The largest absolute Gasteiger partial charge is 0.337 e. The van der Waals surface area contributed by atoms with Crippen LogP contribution < -0.4 is 0 Å². The van der Waals surface area contributed by atoms with Gasteiger partial charge in [0.15, 0.2) is 0 Å². The second kappa shape index (κ2) is 5.40. The molecule has 0 unspecified atom stereocenters. The summed E-state index contributed by atoms with van der Waals surface area (Å²) >= 11 is 1.60. The highest BCUT2D eigenvalue weighted by Crippen LogP contribution is 2.30. The highest BCUT2D eigenvalue weighted by molar-refractivity contribution is 7.12. The van der Waals surface area contributed by atoms with Gasteiger partial charge in [0.1, 0.15) is 0 Å². The zero-order chi connectivity index (χ0) is 14.1. The summed E-state index contributed by atoms with van der Waals surface area (Å²) in [7, 11) is 1.86. The molecular weight excluding hydrogens is 270 g/mol. The van der Waals surface area contributed by atoms with E-state index in [9.17, 15) is 4.79 Å². The van der Waals surface area contributed by atoms with Crippen LogP contribution in [0.2, 0.25) is 0 Å². The van der Waals surface area contributed by atoms with E-state index in [4.69, 9.17) is 0 Å². The van der Waals surface area contributed by atoms with E-state index in [1.165, 1.54) is 24.0 Å². The summed E-state index contributed by atoms with van der Waals surface area (Å²) in [5.74, 6) is 0.138. The number of amides is 1. The number of hydrogen-bond acceptors (Lipinski definition) is 3. The Morgan fingerprint density at radius 2 is 2.25 bits per heavy atom. The molecule has 0 fully saturated rings. The van der Waals surface area contributed by atoms with Crippen molar-refractivity contribution in [3.8, 4) is 0 Å². The van der Waals surface area contributed by atoms with Crippen molar-refractivity contribution < 1.29 is 4.79 Å². The number of carbonyl (C=O) groups is 1. The smallest absolute Gasteiger partial charge is 0.264 e. The zero-order valence-electron chi connectivity index (χ0n) is 11.9. The van der Waals surface area contributed by atoms with Crippen LogP contribution in [-0.2, 0) is 19.4 Å². The molecule has 0 radical (unpaired) electrons. The van der Waals surface area contributed by atoms with Gasteiger partial charge in [-0.3, -0.25) is 9.89 Å². The summed E-state index contributed by atoms with van der Waals surface area (Å²) in [5.41, 5.74) is 4.78. The van der Waals surface area contributed by atoms with E-state index in [1.807, 2.05) is 14.0 Å². The molecule has 0 atom stereocenters. The van der Waals surface area contributed by atoms with Crippen LogP contribution in [0.25, 0.3) is 0 Å². The minimum Gasteiger partial charge on any atom is -0.337 e. The molecule has 0 aliphatic heterocycles. The van der Waals surface area contributed by atoms with Crippen LogP contribution in [0.4, 0.5) is 0 Å². The van der Waals surface area contributed by atoms with E-state index in [1.54, 1.807) is 22.4 Å². The number of nitrogens with one attached hydrogen (secondary N) is 1. The molecule has 106 valence electrons. The molecule has 3 rings (SSSR count). The second-order valence-corrected chi connectivity index (χ2v) is 6.34. The van der Waals surface area contributed by atoms with Crippen molar-refractivity contribution in [2.45, 2.75) is 39.2 Å². The average molecular weight is 289 g/mol. The van der Waals surface area contributed by atoms with Crippen LogP contribution >= 0.6 is 11.3 Å². The van der Waals surface area contributed by atoms with Crippen molar-refractivity contribution in [2.24, 2.45) is 0 Å². The maximum Gasteiger partial charge on any atom is 0.264 e. The molecule has 0 saturated carbocycles. The maximum absolute atomic E-state index is 12.6. The third kappa shape index (κ3) is 2.38. The molecular formula is C15H19N3OS. The van der Waals surface area contributed by atoms with Crippen LogP contribution in [0.15, 0.2) is 11.6 Å². The van der Waals surface area contributed by atoms with Gasteiger partial charge >= 0.3 is 0 Å². The van der Waals surface area contributed by atoms with Crippen molar-refractivity contribution in [3.63, 3.8) is 0 Å². The highest BCUT2D eigenvalue weighted by Gasteiger charge is 2.23. The van der Waals surface area contributed by atoms with Gasteiger partial charge in [0.05, 0.1) is 11.1 Å². The molecule has 20 heavy (non-hydrogen) atoms. The Balaban J connectivity index is 1.78. The van der Waals surface area contributed by atoms with E-state index in [0.717, 1.165) is 29.0 Å². The number of hydrogen-bond donors (Lipinski definition) is 1. The van der Waals surface area contributed by atoms with Crippen molar-refractivity contribution >= 4 is 17.2 Å². The first-order valence-electron chi connectivity index (χ1n) is 7.00. The Bertz CT molecular complexity index is 629. The molecule has 1 aliphatic rings. The number of rotatable bonds is 3. The fourth-order valence-corrected chi connectivity index (χ4v) is 3.89. The summed E-state index contributed by atoms with van der Waals surface area (Å²) in [5, 5.41) is 9.08. The van der Waals surface area contributed by atoms with Crippen molar-refractivity contribution in [1.29, 1.82) is 0 Å². The first-order valence-corrected chi connectivity index (χ1v) is 7.88. The van der Waals surface area contributed by atoms with Gasteiger partial charge in [0, 0.05) is 24.8 Å². The molecule has 2 heterocycles. The van der Waals surface area contributed by atoms with Gasteiger partial charge in [-0.2, -0.15) is 5.10 Å². The summed E-state index contributed by atoms with van der Waals surface area (Å²) in [6.07, 6.45) is 6.43. The Labute approximate surface area is 122 Å². The highest BCUT2D eigenvalue weighted by atomic mass is 32.1. The Kier molecular flexibility index (Phi) is 3.61. The predicted molar refractivity (Wildman–Crippen MR) is 80.1 cm³/mol. The fraction of sp³-hybridized carbons (Fsp3) is 0.467. The van der Waals surface area contributed by atoms with Crippen molar-refractivity contribution in [1.82, 2.24) is 15.1 Å². The maximum atomic E-state index is 12.6. The third-order valence-electron chi connectivity index (χ3n) is 3.99. The summed E-state index contributed by atoms with van der Waals surface area (Å²) in [6, 6.07) is 0. The molecule has 0 bridgehead atoms. The van der Waals surface area contributed by atoms with E-state index >= 15 is 0 Å². The summed E-state index contributed by atoms with van der Waals surface area (Å²) in [6.45, 7) is 2.58. The second-order valence-electron chi connectivity index (χ2n) is 5.46. The van der Waals surface area contributed by atoms with Crippen LogP contribution in [0.3, 0.4) is 0 Å². The lowest BCUT2D eigenvalue weighted by atomic mass is 9.93. The number of aryl methyl sites for hydroxylation is 2. The monoisotopic (exact) mass is 289 g/mol. The lowest BCUT2D eigenvalue weighted by molar-refractivity contribution is 0.0788. The molecule has 0 saturated heterocycles. The molecule has 0 aromatic carbocycles. The van der Waals surface area contributed by atoms with Gasteiger partial charge in [-0.1, -0.05) is 0 Å². The minimum atomic E-state index is 0.138. The number of nitrogens with zero attached hydrogens (tertiary/aromatic N) is 2. The molecule has 1 N–H and O–H groups in total. The van der Waals surface area contributed by atoms with E-state index in [-0.39, 0.29) is 5.91 Å². The third-order valence-corrected chi connectivity index (χ3v) is 5.05. The van der Waals surface area contributed by atoms with Crippen LogP contribution in [0, 0.1) is 6.92 Å². The normalized spacial score (nSPS) is 14.1. The molecule has 0 spiro atoms. The van der Waals surface area contributed by atoms with E-state index in [0.29, 0.717) is 6.54 Å². The Hall–Kier alpha value is -1.62. The Morgan fingerprint density at radius 3 is 3.00 bits per heavy atom. The standard InChI is InChI=1S/C15H19N3OS/c1-10-12(7-16-17-10)8-18(2)15(19)14-13-6-4-3-5-11(13)9-20-14/h7,9H,3-6,8H2,1-2H3,(H,16,17). The van der Waals surface area contributed by atoms with E-state index < -0.39 is 0 Å². The van der Waals surface area contributed by atoms with Gasteiger partial charge in [-0.15, -0.1) is 11.3 Å². The molecule has 1 amide bonds. The average Bonchev–Trinajstić information content (AvgIpc) is 3.05. The van der Waals surface area contributed by atoms with Gasteiger partial charge in [-0.25, -0.2) is 0 Å². The van der Waals surface area contributed by atoms with Gasteiger partial charge in [0.25, 0.3) is 5.91 Å². The summed E-state index contributed by atoms with van der Waals surface area (Å²) in [4.78, 5) is 15.3. The molecule has 2 aromatic heterocycles. The van der Waals surface area contributed by atoms with Crippen LogP contribution in [0.1, 0.15) is 44.9 Å². The fourth-order valence-electron chi connectivity index (χ4n) is 2.73. The molecule has 2 aromatic rings. The predicted octanol–water partition coefficient (Wildman–Crippen LogP) is 2.93. The topological polar surface area (TPSA) is 49.0 Å². The number of carbonyl (C=O) groups excluding carboxylic acids is 1. The first kappa shape index (κ1) is 13.4. The zero-order valence-corrected chi connectivity index (χ0v) is 12.7. The minimum absolute atomic E-state index is 0.138. The number of fused-ring (bicyclic) bond motifs is 1. The van der Waals surface area contributed by atoms with Crippen LogP contribution in [-0.4, -0.2) is 28.1 Å². The number of aromatic nitrogens is 2.